The minimum atomic E-state index is -2.92. The Morgan fingerprint density at radius 1 is 0.824 bits per heavy atom. The zero-order chi connectivity index (χ0) is 36.7. The lowest BCUT2D eigenvalue weighted by Crippen LogP contribution is -2.68. The van der Waals surface area contributed by atoms with E-state index in [-0.39, 0.29) is 17.1 Å². The lowest BCUT2D eigenvalue weighted by molar-refractivity contribution is 0.00295. The molecule has 0 saturated heterocycles. The molecule has 4 aromatic carbocycles. The predicted molar refractivity (Wildman–Crippen MR) is 213 cm³/mol. The molecule has 0 aromatic heterocycles. The molecule has 0 heterocycles. The van der Waals surface area contributed by atoms with Gasteiger partial charge < -0.3 is 18.6 Å². The first-order chi connectivity index (χ1) is 24.6. The van der Waals surface area contributed by atoms with Crippen LogP contribution in [0.25, 0.3) is 0 Å². The summed E-state index contributed by atoms with van der Waals surface area (Å²) in [6.45, 7) is 18.2. The number of benzene rings is 4. The molecule has 0 saturated carbocycles. The van der Waals surface area contributed by atoms with E-state index in [1.807, 2.05) is 36.4 Å². The number of carbonyl (C=O) groups excluding carboxylic acids is 1. The molecule has 0 amide bonds. The van der Waals surface area contributed by atoms with Gasteiger partial charge in [0, 0.05) is 13.0 Å². The van der Waals surface area contributed by atoms with Gasteiger partial charge in [0.15, 0.2) is 0 Å². The van der Waals surface area contributed by atoms with E-state index >= 15 is 0 Å². The van der Waals surface area contributed by atoms with E-state index in [1.165, 1.54) is 10.4 Å². The van der Waals surface area contributed by atoms with Gasteiger partial charge in [0.05, 0.1) is 19.8 Å². The van der Waals surface area contributed by atoms with Crippen LogP contribution in [0.2, 0.25) is 5.04 Å². The molecule has 270 valence electrons. The second-order valence-corrected chi connectivity index (χ2v) is 18.5. The Kier molecular flexibility index (Phi) is 15.0. The van der Waals surface area contributed by atoms with Crippen LogP contribution in [0.5, 0.6) is 5.75 Å². The smallest absolute Gasteiger partial charge is 0.342 e. The largest absolute Gasteiger partial charge is 0.496 e. The molecule has 6 heteroatoms. The summed E-state index contributed by atoms with van der Waals surface area (Å²) < 4.78 is 26.0. The zero-order valence-corrected chi connectivity index (χ0v) is 32.2. The summed E-state index contributed by atoms with van der Waals surface area (Å²) in [4.78, 5) is 14.2. The van der Waals surface area contributed by atoms with Gasteiger partial charge in [-0.15, -0.1) is 13.2 Å². The van der Waals surface area contributed by atoms with E-state index in [0.717, 1.165) is 24.0 Å². The van der Waals surface area contributed by atoms with Gasteiger partial charge in [-0.2, -0.15) is 0 Å². The Bertz CT molecular complexity index is 1610. The number of methoxy groups -OCH3 is 1. The number of hydrogen-bond acceptors (Lipinski definition) is 5. The molecular formula is C45H56O5Si. The molecule has 0 aliphatic rings. The molecule has 0 radical (unpaired) electrons. The van der Waals surface area contributed by atoms with Crippen molar-refractivity contribution in [2.24, 2.45) is 5.92 Å². The van der Waals surface area contributed by atoms with Crippen LogP contribution >= 0.6 is 0 Å². The summed E-state index contributed by atoms with van der Waals surface area (Å²) in [7, 11) is -1.34. The minimum Gasteiger partial charge on any atom is -0.496 e. The molecule has 0 unspecified atom stereocenters. The molecule has 4 aromatic rings. The SMILES string of the molecule is C=CCc1cccc(OC)c1C(=O)O[C@H](CCCOCc1ccccc1)C[C@H](O[Si](c1ccccc1)(c1ccccc1)C(C)(C)C)[C@H](C)CC=C. The maximum absolute atomic E-state index is 14.2. The number of ether oxygens (including phenoxy) is 3. The number of esters is 1. The highest BCUT2D eigenvalue weighted by atomic mass is 28.4. The average Bonchev–Trinajstić information content (AvgIpc) is 3.13. The van der Waals surface area contributed by atoms with Gasteiger partial charge in [-0.3, -0.25) is 0 Å². The summed E-state index contributed by atoms with van der Waals surface area (Å²) in [5.41, 5.74) is 2.39. The van der Waals surface area contributed by atoms with Crippen molar-refractivity contribution in [2.45, 2.75) is 83.7 Å². The molecule has 51 heavy (non-hydrogen) atoms. The third-order valence-electron chi connectivity index (χ3n) is 9.51. The van der Waals surface area contributed by atoms with Gasteiger partial charge in [-0.1, -0.05) is 143 Å². The predicted octanol–water partition coefficient (Wildman–Crippen LogP) is 9.49. The van der Waals surface area contributed by atoms with E-state index < -0.39 is 20.4 Å². The van der Waals surface area contributed by atoms with Crippen molar-refractivity contribution in [3.05, 3.63) is 151 Å². The number of rotatable bonds is 20. The minimum absolute atomic E-state index is 0.113. The fourth-order valence-electron chi connectivity index (χ4n) is 6.91. The van der Waals surface area contributed by atoms with Gasteiger partial charge in [0.2, 0.25) is 0 Å². The van der Waals surface area contributed by atoms with Crippen molar-refractivity contribution in [1.29, 1.82) is 0 Å². The fraction of sp³-hybridized carbons (Fsp3) is 0.356. The monoisotopic (exact) mass is 704 g/mol. The van der Waals surface area contributed by atoms with Crippen molar-refractivity contribution in [3.8, 4) is 5.75 Å². The molecule has 0 spiro atoms. The third-order valence-corrected chi connectivity index (χ3v) is 14.6. The summed E-state index contributed by atoms with van der Waals surface area (Å²) in [5.74, 6) is 0.201. The first-order valence-corrected chi connectivity index (χ1v) is 20.0. The van der Waals surface area contributed by atoms with Gasteiger partial charge in [0.25, 0.3) is 8.32 Å². The van der Waals surface area contributed by atoms with Crippen LogP contribution in [-0.2, 0) is 26.9 Å². The Morgan fingerprint density at radius 3 is 1.98 bits per heavy atom. The standard InChI is InChI=1S/C45H56O5Si/c1-8-21-35(3)42(50-51(45(4,5)6,39-27-15-11-16-28-39)40-29-17-12-18-30-40)33-38(26-20-32-48-34-36-23-13-10-14-24-36)49-44(46)43-37(22-9-2)25-19-31-41(43)47-7/h8-19,23-25,27-31,35,38,42H,1-2,20-22,26,32-34H2,3-7H3/t35-,38-,42+/m1/s1. The molecule has 3 atom stereocenters. The van der Waals surface area contributed by atoms with Crippen molar-refractivity contribution in [1.82, 2.24) is 0 Å². The number of carbonyl (C=O) groups is 1. The maximum atomic E-state index is 14.2. The number of allylic oxidation sites excluding steroid dienone is 2. The van der Waals surface area contributed by atoms with E-state index in [9.17, 15) is 4.79 Å². The Morgan fingerprint density at radius 2 is 1.43 bits per heavy atom. The highest BCUT2D eigenvalue weighted by Gasteiger charge is 2.52. The molecule has 0 N–H and O–H groups in total. The summed E-state index contributed by atoms with van der Waals surface area (Å²) in [6, 6.07) is 37.2. The quantitative estimate of drug-likeness (QED) is 0.0397. The molecule has 0 fully saturated rings. The van der Waals surface area contributed by atoms with E-state index in [0.29, 0.717) is 43.8 Å². The first-order valence-electron chi connectivity index (χ1n) is 18.1. The molecule has 5 nitrogen and oxygen atoms in total. The van der Waals surface area contributed by atoms with Gasteiger partial charge in [-0.05, 0) is 64.2 Å². The molecular weight excluding hydrogens is 649 g/mol. The van der Waals surface area contributed by atoms with Crippen molar-refractivity contribution < 1.29 is 23.4 Å². The summed E-state index contributed by atoms with van der Waals surface area (Å²) in [6.07, 6.45) is 6.23. The van der Waals surface area contributed by atoms with Crippen LogP contribution in [0.3, 0.4) is 0 Å². The highest BCUT2D eigenvalue weighted by molar-refractivity contribution is 6.99. The normalized spacial score (nSPS) is 13.5. The molecule has 0 bridgehead atoms. The van der Waals surface area contributed by atoms with Gasteiger partial charge in [-0.25, -0.2) is 4.79 Å². The van der Waals surface area contributed by atoms with E-state index in [1.54, 1.807) is 19.3 Å². The van der Waals surface area contributed by atoms with E-state index in [4.69, 9.17) is 18.6 Å². The molecule has 0 aliphatic carbocycles. The zero-order valence-electron chi connectivity index (χ0n) is 31.2. The number of hydrogen-bond donors (Lipinski definition) is 0. The van der Waals surface area contributed by atoms with Crippen molar-refractivity contribution in [2.75, 3.05) is 13.7 Å². The molecule has 4 rings (SSSR count). The Hall–Kier alpha value is -4.23. The van der Waals surface area contributed by atoms with Crippen LogP contribution in [0.4, 0.5) is 0 Å². The van der Waals surface area contributed by atoms with Gasteiger partial charge >= 0.3 is 5.97 Å². The van der Waals surface area contributed by atoms with Crippen LogP contribution in [0, 0.1) is 5.92 Å². The fourth-order valence-corrected chi connectivity index (χ4v) is 11.7. The van der Waals surface area contributed by atoms with Crippen LogP contribution in [-0.4, -0.2) is 40.2 Å². The van der Waals surface area contributed by atoms with Gasteiger partial charge in [0.1, 0.15) is 17.4 Å². The second-order valence-electron chi connectivity index (χ2n) is 14.3. The highest BCUT2D eigenvalue weighted by Crippen LogP contribution is 2.39. The van der Waals surface area contributed by atoms with Crippen LogP contribution < -0.4 is 15.1 Å². The lowest BCUT2D eigenvalue weighted by atomic mass is 9.94. The van der Waals surface area contributed by atoms with E-state index in [2.05, 4.69) is 114 Å². The Labute approximate surface area is 307 Å². The second kappa shape index (κ2) is 19.4. The lowest BCUT2D eigenvalue weighted by Gasteiger charge is -2.46. The topological polar surface area (TPSA) is 54.0 Å². The first kappa shape index (κ1) is 39.6. The summed E-state index contributed by atoms with van der Waals surface area (Å²) >= 11 is 0. The average molecular weight is 705 g/mol. The Balaban J connectivity index is 1.71. The molecule has 0 aliphatic heterocycles. The van der Waals surface area contributed by atoms with Crippen LogP contribution in [0.15, 0.2) is 135 Å². The third kappa shape index (κ3) is 10.4. The van der Waals surface area contributed by atoms with Crippen LogP contribution in [0.1, 0.15) is 74.9 Å². The summed E-state index contributed by atoms with van der Waals surface area (Å²) in [5, 5.41) is 2.21. The van der Waals surface area contributed by atoms with Crippen molar-refractivity contribution >= 4 is 24.7 Å². The van der Waals surface area contributed by atoms with Crippen molar-refractivity contribution in [3.63, 3.8) is 0 Å². The maximum Gasteiger partial charge on any atom is 0.342 e.